The summed E-state index contributed by atoms with van der Waals surface area (Å²) in [5.41, 5.74) is 3.01. The van der Waals surface area contributed by atoms with Crippen LogP contribution < -0.4 is 10.2 Å². The van der Waals surface area contributed by atoms with Gasteiger partial charge in [-0.05, 0) is 24.6 Å². The van der Waals surface area contributed by atoms with Crippen LogP contribution in [-0.2, 0) is 13.1 Å². The van der Waals surface area contributed by atoms with Crippen LogP contribution in [0.4, 0.5) is 10.6 Å². The normalized spacial score (nSPS) is 13.8. The number of urea groups is 1. The van der Waals surface area contributed by atoms with Crippen molar-refractivity contribution in [2.45, 2.75) is 20.0 Å². The van der Waals surface area contributed by atoms with Crippen molar-refractivity contribution in [3.05, 3.63) is 66.1 Å². The van der Waals surface area contributed by atoms with E-state index in [1.54, 1.807) is 12.4 Å². The van der Waals surface area contributed by atoms with E-state index in [-0.39, 0.29) is 6.03 Å². The molecule has 0 bridgehead atoms. The average Bonchev–Trinajstić information content (AvgIpc) is 2.81. The lowest BCUT2D eigenvalue weighted by Crippen LogP contribution is -2.41. The highest BCUT2D eigenvalue weighted by Crippen LogP contribution is 2.23. The molecule has 0 aliphatic carbocycles. The van der Waals surface area contributed by atoms with Gasteiger partial charge in [-0.15, -0.1) is 6.58 Å². The van der Waals surface area contributed by atoms with Gasteiger partial charge in [-0.1, -0.05) is 18.2 Å². The summed E-state index contributed by atoms with van der Waals surface area (Å²) in [4.78, 5) is 25.3. The molecule has 0 unspecified atom stereocenters. The molecule has 3 rings (SSSR count). The number of hydrogen-bond acceptors (Lipinski definition) is 4. The molecule has 2 amide bonds. The van der Waals surface area contributed by atoms with Crippen molar-refractivity contribution < 1.29 is 4.79 Å². The lowest BCUT2D eigenvalue weighted by Gasteiger charge is -2.23. The molecule has 25 heavy (non-hydrogen) atoms. The van der Waals surface area contributed by atoms with Crippen molar-refractivity contribution in [3.63, 3.8) is 0 Å². The van der Waals surface area contributed by atoms with Gasteiger partial charge in [0.2, 0.25) is 0 Å². The Hall–Kier alpha value is -2.89. The molecule has 0 spiro atoms. The van der Waals surface area contributed by atoms with Gasteiger partial charge in [0.05, 0.1) is 6.54 Å². The summed E-state index contributed by atoms with van der Waals surface area (Å²) in [5.74, 6) is 0.947. The van der Waals surface area contributed by atoms with Crippen LogP contribution in [0.15, 0.2) is 49.3 Å². The maximum atomic E-state index is 12.6. The fourth-order valence-corrected chi connectivity index (χ4v) is 2.90. The van der Waals surface area contributed by atoms with Crippen LogP contribution in [0.25, 0.3) is 0 Å². The first-order valence-corrected chi connectivity index (χ1v) is 8.41. The molecule has 2 aromatic heterocycles. The van der Waals surface area contributed by atoms with Gasteiger partial charge in [-0.2, -0.15) is 0 Å². The van der Waals surface area contributed by atoms with E-state index < -0.39 is 0 Å². The summed E-state index contributed by atoms with van der Waals surface area (Å²) >= 11 is 0. The number of anilines is 1. The number of aryl methyl sites for hydroxylation is 1. The topological polar surface area (TPSA) is 61.4 Å². The first-order chi connectivity index (χ1) is 12.2. The number of carbonyl (C=O) groups excluding carboxylic acids is 1. The Morgan fingerprint density at radius 3 is 3.00 bits per heavy atom. The van der Waals surface area contributed by atoms with Gasteiger partial charge < -0.3 is 15.1 Å². The highest BCUT2D eigenvalue weighted by molar-refractivity contribution is 5.74. The summed E-state index contributed by atoms with van der Waals surface area (Å²) in [5, 5.41) is 2.97. The number of carbonyl (C=O) groups is 1. The lowest BCUT2D eigenvalue weighted by atomic mass is 10.2. The van der Waals surface area contributed by atoms with E-state index in [9.17, 15) is 4.79 Å². The van der Waals surface area contributed by atoms with Crippen LogP contribution in [0, 0.1) is 6.92 Å². The minimum absolute atomic E-state index is 0.0733. The zero-order valence-corrected chi connectivity index (χ0v) is 14.5. The van der Waals surface area contributed by atoms with Gasteiger partial charge in [0.25, 0.3) is 0 Å². The molecule has 1 N–H and O–H groups in total. The molecule has 2 aromatic rings. The second-order valence-electron chi connectivity index (χ2n) is 6.11. The number of nitrogens with zero attached hydrogens (tertiary/aromatic N) is 4. The maximum absolute atomic E-state index is 12.6. The number of aromatic nitrogens is 2. The Labute approximate surface area is 148 Å². The van der Waals surface area contributed by atoms with E-state index in [4.69, 9.17) is 0 Å². The Morgan fingerprint density at radius 2 is 2.24 bits per heavy atom. The standard InChI is InChI=1S/C19H23N5O/c1-3-9-23-10-11-24(14-17-7-6-15(2)22-18(17)23)19(25)21-13-16-5-4-8-20-12-16/h3-8,12H,1,9-11,13-14H2,2H3,(H,21,25). The van der Waals surface area contributed by atoms with Crippen molar-refractivity contribution in [2.75, 3.05) is 24.5 Å². The molecule has 6 nitrogen and oxygen atoms in total. The van der Waals surface area contributed by atoms with Gasteiger partial charge in [0.1, 0.15) is 5.82 Å². The van der Waals surface area contributed by atoms with Gasteiger partial charge in [0.15, 0.2) is 0 Å². The highest BCUT2D eigenvalue weighted by Gasteiger charge is 2.23. The monoisotopic (exact) mass is 337 g/mol. The number of rotatable bonds is 4. The second-order valence-corrected chi connectivity index (χ2v) is 6.11. The molecule has 1 aliphatic rings. The third-order valence-electron chi connectivity index (χ3n) is 4.20. The molecule has 0 aromatic carbocycles. The fraction of sp³-hybridized carbons (Fsp3) is 0.316. The summed E-state index contributed by atoms with van der Waals surface area (Å²) in [7, 11) is 0. The molecular weight excluding hydrogens is 314 g/mol. The number of nitrogens with one attached hydrogen (secondary N) is 1. The highest BCUT2D eigenvalue weighted by atomic mass is 16.2. The van der Waals surface area contributed by atoms with Crippen molar-refractivity contribution in [1.29, 1.82) is 0 Å². The minimum atomic E-state index is -0.0733. The Kier molecular flexibility index (Phi) is 5.28. The van der Waals surface area contributed by atoms with Crippen LogP contribution in [0.2, 0.25) is 0 Å². The van der Waals surface area contributed by atoms with E-state index >= 15 is 0 Å². The van der Waals surface area contributed by atoms with Crippen LogP contribution in [0.5, 0.6) is 0 Å². The van der Waals surface area contributed by atoms with E-state index in [0.29, 0.717) is 26.2 Å². The first kappa shape index (κ1) is 17.0. The average molecular weight is 337 g/mol. The van der Waals surface area contributed by atoms with E-state index in [2.05, 4.69) is 32.8 Å². The second kappa shape index (κ2) is 7.79. The fourth-order valence-electron chi connectivity index (χ4n) is 2.90. The minimum Gasteiger partial charge on any atom is -0.351 e. The van der Waals surface area contributed by atoms with Gasteiger partial charge in [0, 0.05) is 49.8 Å². The molecule has 130 valence electrons. The molecule has 1 aliphatic heterocycles. The molecular formula is C19H23N5O. The van der Waals surface area contributed by atoms with Crippen molar-refractivity contribution in [2.24, 2.45) is 0 Å². The predicted molar refractivity (Wildman–Crippen MR) is 98.3 cm³/mol. The largest absolute Gasteiger partial charge is 0.351 e. The van der Waals surface area contributed by atoms with Crippen molar-refractivity contribution >= 4 is 11.8 Å². The zero-order valence-electron chi connectivity index (χ0n) is 14.5. The number of pyridine rings is 2. The third kappa shape index (κ3) is 4.15. The van der Waals surface area contributed by atoms with E-state index in [1.807, 2.05) is 36.1 Å². The number of amides is 2. The van der Waals surface area contributed by atoms with E-state index in [1.165, 1.54) is 0 Å². The Morgan fingerprint density at radius 1 is 1.36 bits per heavy atom. The molecule has 0 saturated carbocycles. The van der Waals surface area contributed by atoms with Crippen LogP contribution in [-0.4, -0.2) is 40.5 Å². The summed E-state index contributed by atoms with van der Waals surface area (Å²) < 4.78 is 0. The zero-order chi connectivity index (χ0) is 17.6. The Bertz CT molecular complexity index is 747. The summed E-state index contributed by atoms with van der Waals surface area (Å²) in [6, 6.07) is 7.78. The quantitative estimate of drug-likeness (QED) is 0.871. The molecule has 0 fully saturated rings. The number of hydrogen-bond donors (Lipinski definition) is 1. The third-order valence-corrected chi connectivity index (χ3v) is 4.20. The Balaban J connectivity index is 1.72. The molecule has 0 atom stereocenters. The summed E-state index contributed by atoms with van der Waals surface area (Å²) in [6.45, 7) is 8.92. The van der Waals surface area contributed by atoms with Gasteiger partial charge in [-0.3, -0.25) is 4.98 Å². The van der Waals surface area contributed by atoms with Crippen LogP contribution in [0.1, 0.15) is 16.8 Å². The van der Waals surface area contributed by atoms with Gasteiger partial charge >= 0.3 is 6.03 Å². The smallest absolute Gasteiger partial charge is 0.318 e. The molecule has 3 heterocycles. The van der Waals surface area contributed by atoms with E-state index in [0.717, 1.165) is 29.2 Å². The van der Waals surface area contributed by atoms with Crippen LogP contribution >= 0.6 is 0 Å². The maximum Gasteiger partial charge on any atom is 0.318 e. The molecule has 0 radical (unpaired) electrons. The SMILES string of the molecule is C=CCN1CCN(C(=O)NCc2cccnc2)Cc2ccc(C)nc21. The number of fused-ring (bicyclic) bond motifs is 1. The molecule has 0 saturated heterocycles. The van der Waals surface area contributed by atoms with Crippen molar-refractivity contribution in [1.82, 2.24) is 20.2 Å². The summed E-state index contributed by atoms with van der Waals surface area (Å²) in [6.07, 6.45) is 5.35. The van der Waals surface area contributed by atoms with Gasteiger partial charge in [-0.25, -0.2) is 9.78 Å². The van der Waals surface area contributed by atoms with Crippen LogP contribution in [0.3, 0.4) is 0 Å². The predicted octanol–water partition coefficient (Wildman–Crippen LogP) is 2.50. The van der Waals surface area contributed by atoms with Crippen molar-refractivity contribution in [3.8, 4) is 0 Å². The lowest BCUT2D eigenvalue weighted by molar-refractivity contribution is 0.197. The first-order valence-electron chi connectivity index (χ1n) is 8.41. The molecule has 6 heteroatoms.